The molecule has 0 saturated carbocycles. The molecule has 8 heteroatoms. The predicted molar refractivity (Wildman–Crippen MR) is 136 cm³/mol. The van der Waals surface area contributed by atoms with E-state index < -0.39 is 0 Å². The molecule has 4 heterocycles. The Morgan fingerprint density at radius 3 is 2.75 bits per heavy atom. The molecule has 0 saturated heterocycles. The minimum Gasteiger partial charge on any atom is -0.491 e. The average molecular weight is 485 g/mol. The third-order valence-corrected chi connectivity index (χ3v) is 7.56. The Balaban J connectivity index is 1.24. The number of hydrogen-bond donors (Lipinski definition) is 1. The predicted octanol–water partition coefficient (Wildman–Crippen LogP) is 3.69. The number of amides is 2. The molecular formula is C28H28N4O4. The fourth-order valence-corrected chi connectivity index (χ4v) is 5.38. The number of likely N-dealkylation sites (N-methyl/N-ethyl adjacent to an activating group) is 1. The molecule has 1 unspecified atom stereocenters. The molecule has 8 nitrogen and oxygen atoms in total. The van der Waals surface area contributed by atoms with Crippen LogP contribution in [0.5, 0.6) is 5.75 Å². The van der Waals surface area contributed by atoms with Crippen molar-refractivity contribution >= 4 is 34.1 Å². The first-order valence-electron chi connectivity index (χ1n) is 12.2. The topological polar surface area (TPSA) is 98.0 Å². The van der Waals surface area contributed by atoms with Crippen molar-refractivity contribution in [3.8, 4) is 5.75 Å². The van der Waals surface area contributed by atoms with Gasteiger partial charge in [-0.2, -0.15) is 0 Å². The molecule has 2 aromatic carbocycles. The normalized spacial score (nSPS) is 18.4. The van der Waals surface area contributed by atoms with Crippen molar-refractivity contribution in [1.82, 2.24) is 14.8 Å². The monoisotopic (exact) mass is 484 g/mol. The summed E-state index contributed by atoms with van der Waals surface area (Å²) in [6, 6.07) is 11.6. The molecule has 6 rings (SSSR count). The number of rotatable bonds is 3. The summed E-state index contributed by atoms with van der Waals surface area (Å²) in [6.45, 7) is 4.29. The summed E-state index contributed by atoms with van der Waals surface area (Å²) in [5.41, 5.74) is 12.7. The van der Waals surface area contributed by atoms with Crippen molar-refractivity contribution in [1.29, 1.82) is 0 Å². The zero-order chi connectivity index (χ0) is 25.0. The van der Waals surface area contributed by atoms with E-state index in [0.717, 1.165) is 51.9 Å². The Morgan fingerprint density at radius 1 is 1.14 bits per heavy atom. The van der Waals surface area contributed by atoms with Gasteiger partial charge in [0.2, 0.25) is 5.91 Å². The number of nitrogens with two attached hydrogens (primary N) is 1. The second kappa shape index (κ2) is 8.64. The SMILES string of the molecule is CC(=O)N1CC=C(c2ccc3c(c2)OCC3N(C)C(=O)c2ccc3nc(N)c4c(c3c2)COC4)CC1. The quantitative estimate of drug-likeness (QED) is 0.609. The van der Waals surface area contributed by atoms with Gasteiger partial charge in [-0.3, -0.25) is 9.59 Å². The van der Waals surface area contributed by atoms with Crippen molar-refractivity contribution in [2.24, 2.45) is 0 Å². The Labute approximate surface area is 209 Å². The van der Waals surface area contributed by atoms with Crippen molar-refractivity contribution in [3.63, 3.8) is 0 Å². The van der Waals surface area contributed by atoms with E-state index in [9.17, 15) is 9.59 Å². The van der Waals surface area contributed by atoms with E-state index in [4.69, 9.17) is 15.2 Å². The third kappa shape index (κ3) is 3.69. The summed E-state index contributed by atoms with van der Waals surface area (Å²) < 4.78 is 11.6. The molecule has 0 aliphatic carbocycles. The number of carbonyl (C=O) groups excluding carboxylic acids is 2. The Hall–Kier alpha value is -3.91. The lowest BCUT2D eigenvalue weighted by Crippen LogP contribution is -2.32. The summed E-state index contributed by atoms with van der Waals surface area (Å²) in [5, 5.41) is 0.910. The number of ether oxygens (including phenoxy) is 2. The molecular weight excluding hydrogens is 456 g/mol. The van der Waals surface area contributed by atoms with E-state index in [2.05, 4.69) is 29.3 Å². The summed E-state index contributed by atoms with van der Waals surface area (Å²) in [6.07, 6.45) is 2.93. The lowest BCUT2D eigenvalue weighted by molar-refractivity contribution is -0.128. The molecule has 0 bridgehead atoms. The average Bonchev–Trinajstić information content (AvgIpc) is 3.56. The minimum absolute atomic E-state index is 0.0776. The lowest BCUT2D eigenvalue weighted by Gasteiger charge is -2.26. The molecule has 2 amide bonds. The maximum Gasteiger partial charge on any atom is 0.254 e. The number of nitrogens with zero attached hydrogens (tertiary/aromatic N) is 3. The number of anilines is 1. The summed E-state index contributed by atoms with van der Waals surface area (Å²) in [4.78, 5) is 33.2. The highest BCUT2D eigenvalue weighted by molar-refractivity contribution is 5.99. The van der Waals surface area contributed by atoms with Crippen molar-refractivity contribution in [2.75, 3.05) is 32.5 Å². The molecule has 0 spiro atoms. The van der Waals surface area contributed by atoms with E-state index in [0.29, 0.717) is 37.7 Å². The van der Waals surface area contributed by atoms with E-state index in [1.165, 1.54) is 5.57 Å². The van der Waals surface area contributed by atoms with Crippen LogP contribution in [0, 0.1) is 0 Å². The van der Waals surface area contributed by atoms with Gasteiger partial charge in [-0.15, -0.1) is 0 Å². The number of hydrogen-bond acceptors (Lipinski definition) is 6. The first-order chi connectivity index (χ1) is 17.4. The van der Waals surface area contributed by atoms with Crippen LogP contribution < -0.4 is 10.5 Å². The van der Waals surface area contributed by atoms with Crippen molar-refractivity contribution in [2.45, 2.75) is 32.6 Å². The van der Waals surface area contributed by atoms with E-state index in [-0.39, 0.29) is 17.9 Å². The van der Waals surface area contributed by atoms with E-state index >= 15 is 0 Å². The van der Waals surface area contributed by atoms with E-state index in [1.807, 2.05) is 24.1 Å². The van der Waals surface area contributed by atoms with Crippen LogP contribution in [0.3, 0.4) is 0 Å². The maximum atomic E-state index is 13.5. The van der Waals surface area contributed by atoms with Gasteiger partial charge in [-0.05, 0) is 47.4 Å². The molecule has 1 atom stereocenters. The van der Waals surface area contributed by atoms with Gasteiger partial charge in [-0.25, -0.2) is 4.98 Å². The lowest BCUT2D eigenvalue weighted by atomic mass is 9.96. The molecule has 0 fully saturated rings. The molecule has 2 N–H and O–H groups in total. The highest BCUT2D eigenvalue weighted by Gasteiger charge is 2.32. The number of carbonyl (C=O) groups is 2. The maximum absolute atomic E-state index is 13.5. The largest absolute Gasteiger partial charge is 0.491 e. The molecule has 0 radical (unpaired) electrons. The first-order valence-corrected chi connectivity index (χ1v) is 12.2. The van der Waals surface area contributed by atoms with Crippen LogP contribution in [0.25, 0.3) is 16.5 Å². The van der Waals surface area contributed by atoms with Crippen LogP contribution in [-0.4, -0.2) is 53.3 Å². The van der Waals surface area contributed by atoms with E-state index in [1.54, 1.807) is 17.9 Å². The third-order valence-electron chi connectivity index (χ3n) is 7.56. The molecule has 1 aromatic heterocycles. The Morgan fingerprint density at radius 2 is 1.97 bits per heavy atom. The minimum atomic E-state index is -0.177. The van der Waals surface area contributed by atoms with Crippen molar-refractivity contribution in [3.05, 3.63) is 70.3 Å². The number of aromatic nitrogens is 1. The zero-order valence-corrected chi connectivity index (χ0v) is 20.4. The number of benzene rings is 2. The summed E-state index contributed by atoms with van der Waals surface area (Å²) in [5.74, 6) is 1.32. The highest BCUT2D eigenvalue weighted by atomic mass is 16.5. The molecule has 3 aliphatic rings. The van der Waals surface area contributed by atoms with Gasteiger partial charge in [0.1, 0.15) is 18.2 Å². The molecule has 3 aromatic rings. The van der Waals surface area contributed by atoms with Crippen LogP contribution >= 0.6 is 0 Å². The second-order valence-electron chi connectivity index (χ2n) is 9.62. The van der Waals surface area contributed by atoms with Crippen molar-refractivity contribution < 1.29 is 19.1 Å². The summed E-state index contributed by atoms with van der Waals surface area (Å²) in [7, 11) is 1.82. The van der Waals surface area contributed by atoms with Gasteiger partial charge in [-0.1, -0.05) is 18.2 Å². The fraction of sp³-hybridized carbons (Fsp3) is 0.321. The Kier molecular flexibility index (Phi) is 5.41. The Bertz CT molecular complexity index is 1450. The van der Waals surface area contributed by atoms with Gasteiger partial charge >= 0.3 is 0 Å². The fourth-order valence-electron chi connectivity index (χ4n) is 5.38. The van der Waals surface area contributed by atoms with Crippen LogP contribution in [0.15, 0.2) is 42.5 Å². The van der Waals surface area contributed by atoms with Crippen LogP contribution in [0.4, 0.5) is 5.82 Å². The summed E-state index contributed by atoms with van der Waals surface area (Å²) >= 11 is 0. The zero-order valence-electron chi connectivity index (χ0n) is 20.4. The number of pyridine rings is 1. The second-order valence-corrected chi connectivity index (χ2v) is 9.62. The first kappa shape index (κ1) is 22.5. The number of nitrogen functional groups attached to an aromatic ring is 1. The molecule has 184 valence electrons. The van der Waals surface area contributed by atoms with Crippen LogP contribution in [-0.2, 0) is 22.7 Å². The molecule has 3 aliphatic heterocycles. The van der Waals surface area contributed by atoms with Crippen LogP contribution in [0.1, 0.15) is 52.0 Å². The van der Waals surface area contributed by atoms with Gasteiger partial charge in [0.05, 0.1) is 24.8 Å². The smallest absolute Gasteiger partial charge is 0.254 e. The van der Waals surface area contributed by atoms with Crippen LogP contribution in [0.2, 0.25) is 0 Å². The van der Waals surface area contributed by atoms with Gasteiger partial charge < -0.3 is 25.0 Å². The molecule has 36 heavy (non-hydrogen) atoms. The van der Waals surface area contributed by atoms with Gasteiger partial charge in [0.15, 0.2) is 0 Å². The van der Waals surface area contributed by atoms with Gasteiger partial charge in [0, 0.05) is 49.1 Å². The standard InChI is InChI=1S/C28H28N4O4/c1-16(33)32-9-7-17(8-10-32)18-3-5-20-25(15-36-26(20)12-18)31(2)28(34)19-4-6-24-21(11-19)22-13-35-14-23(22)27(29)30-24/h3-7,11-12,25H,8-10,13-15H2,1-2H3,(H2,29,30). The number of fused-ring (bicyclic) bond motifs is 4. The van der Waals surface area contributed by atoms with Gasteiger partial charge in [0.25, 0.3) is 5.91 Å². The highest BCUT2D eigenvalue weighted by Crippen LogP contribution is 2.39.